The van der Waals surface area contributed by atoms with E-state index in [0.717, 1.165) is 12.8 Å². The van der Waals surface area contributed by atoms with E-state index in [4.69, 9.17) is 4.74 Å². The van der Waals surface area contributed by atoms with E-state index in [0.29, 0.717) is 6.61 Å². The first-order valence-electron chi connectivity index (χ1n) is 5.51. The van der Waals surface area contributed by atoms with Crippen LogP contribution in [0.4, 0.5) is 0 Å². The molecule has 0 unspecified atom stereocenters. The molecule has 0 N–H and O–H groups in total. The molecule has 2 nitrogen and oxygen atoms in total. The van der Waals surface area contributed by atoms with E-state index in [2.05, 4.69) is 6.92 Å². The molecular weight excluding hydrogens is 176 g/mol. The van der Waals surface area contributed by atoms with Crippen molar-refractivity contribution in [2.24, 2.45) is 5.92 Å². The van der Waals surface area contributed by atoms with Gasteiger partial charge in [0.15, 0.2) is 0 Å². The molecule has 0 saturated carbocycles. The van der Waals surface area contributed by atoms with Gasteiger partial charge in [-0.15, -0.1) is 0 Å². The second-order valence-corrected chi connectivity index (χ2v) is 3.54. The van der Waals surface area contributed by atoms with Crippen LogP contribution in [0.2, 0.25) is 0 Å². The number of allylic oxidation sites excluding steroid dienone is 1. The molecule has 82 valence electrons. The van der Waals surface area contributed by atoms with Crippen molar-refractivity contribution in [2.45, 2.75) is 46.5 Å². The topological polar surface area (TPSA) is 26.3 Å². The van der Waals surface area contributed by atoms with Gasteiger partial charge in [-0.1, -0.05) is 38.3 Å². The molecule has 0 heterocycles. The van der Waals surface area contributed by atoms with Gasteiger partial charge in [-0.2, -0.15) is 0 Å². The quantitative estimate of drug-likeness (QED) is 0.356. The third-order valence-electron chi connectivity index (χ3n) is 2.10. The van der Waals surface area contributed by atoms with Crippen LogP contribution < -0.4 is 0 Å². The second kappa shape index (κ2) is 8.79. The number of rotatable bonds is 7. The van der Waals surface area contributed by atoms with E-state index in [1.165, 1.54) is 12.8 Å². The highest BCUT2D eigenvalue weighted by molar-refractivity contribution is 5.73. The van der Waals surface area contributed by atoms with Crippen LogP contribution in [0.5, 0.6) is 0 Å². The van der Waals surface area contributed by atoms with Gasteiger partial charge in [-0.05, 0) is 20.3 Å². The molecule has 14 heavy (non-hydrogen) atoms. The van der Waals surface area contributed by atoms with Crippen molar-refractivity contribution in [1.82, 2.24) is 0 Å². The van der Waals surface area contributed by atoms with Crippen LogP contribution in [0.3, 0.4) is 0 Å². The predicted octanol–water partition coefficient (Wildman–Crippen LogP) is 3.32. The molecule has 0 aliphatic rings. The van der Waals surface area contributed by atoms with Gasteiger partial charge in [0, 0.05) is 0 Å². The maximum Gasteiger partial charge on any atom is 0.312 e. The SMILES string of the molecule is C/C=C/[C@H](C)C(=O)OCCCCCC. The summed E-state index contributed by atoms with van der Waals surface area (Å²) >= 11 is 0. The van der Waals surface area contributed by atoms with Crippen LogP contribution in [-0.4, -0.2) is 12.6 Å². The summed E-state index contributed by atoms with van der Waals surface area (Å²) in [5.74, 6) is -0.217. The number of carbonyl (C=O) groups is 1. The molecule has 0 bridgehead atoms. The maximum atomic E-state index is 11.3. The zero-order valence-corrected chi connectivity index (χ0v) is 9.58. The Morgan fingerprint density at radius 1 is 1.36 bits per heavy atom. The van der Waals surface area contributed by atoms with Crippen LogP contribution in [0.15, 0.2) is 12.2 Å². The molecule has 0 spiro atoms. The normalized spacial score (nSPS) is 13.1. The minimum atomic E-state index is -0.111. The van der Waals surface area contributed by atoms with Gasteiger partial charge in [0.2, 0.25) is 0 Å². The number of ether oxygens (including phenoxy) is 1. The number of carbonyl (C=O) groups excluding carboxylic acids is 1. The lowest BCUT2D eigenvalue weighted by molar-refractivity contribution is -0.146. The Morgan fingerprint density at radius 2 is 2.07 bits per heavy atom. The van der Waals surface area contributed by atoms with E-state index in [9.17, 15) is 4.79 Å². The molecular formula is C12H22O2. The second-order valence-electron chi connectivity index (χ2n) is 3.54. The number of hydrogen-bond acceptors (Lipinski definition) is 2. The molecule has 0 aromatic rings. The molecule has 0 aliphatic heterocycles. The lowest BCUT2D eigenvalue weighted by atomic mass is 10.2. The van der Waals surface area contributed by atoms with Crippen LogP contribution in [-0.2, 0) is 9.53 Å². The van der Waals surface area contributed by atoms with Crippen molar-refractivity contribution in [2.75, 3.05) is 6.61 Å². The molecule has 0 aromatic heterocycles. The highest BCUT2D eigenvalue weighted by Crippen LogP contribution is 2.03. The Hall–Kier alpha value is -0.790. The van der Waals surface area contributed by atoms with Gasteiger partial charge in [-0.3, -0.25) is 4.79 Å². The molecule has 2 heteroatoms. The first-order chi connectivity index (χ1) is 6.72. The van der Waals surface area contributed by atoms with Crippen molar-refractivity contribution in [3.63, 3.8) is 0 Å². The fourth-order valence-corrected chi connectivity index (χ4v) is 1.20. The lowest BCUT2D eigenvalue weighted by Crippen LogP contribution is -2.13. The van der Waals surface area contributed by atoms with Crippen molar-refractivity contribution < 1.29 is 9.53 Å². The van der Waals surface area contributed by atoms with Crippen LogP contribution in [0.25, 0.3) is 0 Å². The third kappa shape index (κ3) is 6.70. The zero-order valence-electron chi connectivity index (χ0n) is 9.58. The van der Waals surface area contributed by atoms with Gasteiger partial charge in [0.05, 0.1) is 12.5 Å². The highest BCUT2D eigenvalue weighted by atomic mass is 16.5. The first kappa shape index (κ1) is 13.2. The molecule has 0 fully saturated rings. The fourth-order valence-electron chi connectivity index (χ4n) is 1.20. The summed E-state index contributed by atoms with van der Waals surface area (Å²) in [6, 6.07) is 0. The van der Waals surface area contributed by atoms with Gasteiger partial charge in [-0.25, -0.2) is 0 Å². The summed E-state index contributed by atoms with van der Waals surface area (Å²) in [5, 5.41) is 0. The first-order valence-corrected chi connectivity index (χ1v) is 5.51. The summed E-state index contributed by atoms with van der Waals surface area (Å²) in [5.41, 5.74) is 0. The van der Waals surface area contributed by atoms with Crippen molar-refractivity contribution in [3.8, 4) is 0 Å². The average molecular weight is 198 g/mol. The van der Waals surface area contributed by atoms with Crippen LogP contribution in [0.1, 0.15) is 46.5 Å². The van der Waals surface area contributed by atoms with E-state index in [1.807, 2.05) is 26.0 Å². The Morgan fingerprint density at radius 3 is 2.64 bits per heavy atom. The van der Waals surface area contributed by atoms with Gasteiger partial charge in [0.1, 0.15) is 0 Å². The summed E-state index contributed by atoms with van der Waals surface area (Å²) in [7, 11) is 0. The molecule has 0 rings (SSSR count). The zero-order chi connectivity index (χ0) is 10.8. The Kier molecular flexibility index (Phi) is 8.30. The summed E-state index contributed by atoms with van der Waals surface area (Å²) in [4.78, 5) is 11.3. The van der Waals surface area contributed by atoms with Crippen molar-refractivity contribution in [1.29, 1.82) is 0 Å². The molecule has 0 amide bonds. The standard InChI is InChI=1S/C12H22O2/c1-4-6-7-8-10-14-12(13)11(3)9-5-2/h5,9,11H,4,6-8,10H2,1-3H3/b9-5+/t11-/m0/s1. The van der Waals surface area contributed by atoms with E-state index >= 15 is 0 Å². The molecule has 0 radical (unpaired) electrons. The van der Waals surface area contributed by atoms with Gasteiger partial charge < -0.3 is 4.74 Å². The Bertz CT molecular complexity index is 173. The molecule has 1 atom stereocenters. The Balaban J connectivity index is 3.44. The number of unbranched alkanes of at least 4 members (excludes halogenated alkanes) is 3. The smallest absolute Gasteiger partial charge is 0.312 e. The monoisotopic (exact) mass is 198 g/mol. The van der Waals surface area contributed by atoms with Crippen LogP contribution in [0, 0.1) is 5.92 Å². The minimum absolute atomic E-state index is 0.105. The molecule has 0 saturated heterocycles. The number of esters is 1. The van der Waals surface area contributed by atoms with E-state index in [-0.39, 0.29) is 11.9 Å². The van der Waals surface area contributed by atoms with Crippen molar-refractivity contribution >= 4 is 5.97 Å². The summed E-state index contributed by atoms with van der Waals surface area (Å²) < 4.78 is 5.11. The summed E-state index contributed by atoms with van der Waals surface area (Å²) in [6.07, 6.45) is 8.31. The van der Waals surface area contributed by atoms with E-state index in [1.54, 1.807) is 0 Å². The Labute approximate surface area is 87.3 Å². The molecule has 0 aliphatic carbocycles. The minimum Gasteiger partial charge on any atom is -0.465 e. The molecule has 0 aromatic carbocycles. The lowest BCUT2D eigenvalue weighted by Gasteiger charge is -2.07. The third-order valence-corrected chi connectivity index (χ3v) is 2.10. The van der Waals surface area contributed by atoms with Gasteiger partial charge in [0.25, 0.3) is 0 Å². The predicted molar refractivity (Wildman–Crippen MR) is 59.1 cm³/mol. The maximum absolute atomic E-state index is 11.3. The fraction of sp³-hybridized carbons (Fsp3) is 0.750. The highest BCUT2D eigenvalue weighted by Gasteiger charge is 2.09. The van der Waals surface area contributed by atoms with Crippen molar-refractivity contribution in [3.05, 3.63) is 12.2 Å². The largest absolute Gasteiger partial charge is 0.465 e. The number of hydrogen-bond donors (Lipinski definition) is 0. The van der Waals surface area contributed by atoms with Crippen LogP contribution >= 0.6 is 0 Å². The van der Waals surface area contributed by atoms with E-state index < -0.39 is 0 Å². The summed E-state index contributed by atoms with van der Waals surface area (Å²) in [6.45, 7) is 6.50. The van der Waals surface area contributed by atoms with Gasteiger partial charge >= 0.3 is 5.97 Å². The average Bonchev–Trinajstić information content (AvgIpc) is 2.17.